The van der Waals surface area contributed by atoms with Gasteiger partial charge < -0.3 is 27.0 Å². The van der Waals surface area contributed by atoms with E-state index < -0.39 is 0 Å². The Morgan fingerprint density at radius 1 is 0.633 bits per heavy atom. The van der Waals surface area contributed by atoms with Gasteiger partial charge in [-0.1, -0.05) is 27.7 Å². The minimum atomic E-state index is -0.0903. The van der Waals surface area contributed by atoms with Crippen molar-refractivity contribution >= 4 is 0 Å². The highest BCUT2D eigenvalue weighted by Crippen LogP contribution is 2.25. The summed E-state index contributed by atoms with van der Waals surface area (Å²) in [5.41, 5.74) is 12.9. The van der Waals surface area contributed by atoms with Crippen LogP contribution in [0.15, 0.2) is 0 Å². The van der Waals surface area contributed by atoms with Crippen LogP contribution in [-0.4, -0.2) is 60.3 Å². The molecule has 0 rings (SSSR count). The minimum Gasteiger partial charge on any atom is -0.325 e. The lowest BCUT2D eigenvalue weighted by Gasteiger charge is -2.38. The molecule has 0 aromatic carbocycles. The first-order valence-corrected chi connectivity index (χ1v) is 12.5. The Morgan fingerprint density at radius 2 is 0.967 bits per heavy atom. The van der Waals surface area contributed by atoms with Crippen molar-refractivity contribution in [3.63, 3.8) is 0 Å². The Kier molecular flexibility index (Phi) is 13.3. The van der Waals surface area contributed by atoms with Gasteiger partial charge in [0.25, 0.3) is 0 Å². The Balaban J connectivity index is 4.17. The fraction of sp³-hybridized carbons (Fsp3) is 1.00. The standard InChI is InChI=1S/C25H57N5/c1-10-22(5,26)20-24(7,12-3)28-16-14-18-30(9)19-15-17-29-25(8,13-4)21-23(6,27)11-2/h28-29H,10-21,26-27H2,1-9H3. The summed E-state index contributed by atoms with van der Waals surface area (Å²) in [7, 11) is 2.24. The van der Waals surface area contributed by atoms with E-state index >= 15 is 0 Å². The second kappa shape index (κ2) is 13.4. The molecule has 0 heterocycles. The molecule has 30 heavy (non-hydrogen) atoms. The van der Waals surface area contributed by atoms with Crippen molar-refractivity contribution in [1.29, 1.82) is 0 Å². The molecule has 4 atom stereocenters. The number of rotatable bonds is 18. The molecule has 0 aliphatic rings. The summed E-state index contributed by atoms with van der Waals surface area (Å²) in [6, 6.07) is 0. The van der Waals surface area contributed by atoms with Crippen LogP contribution in [0.3, 0.4) is 0 Å². The average molecular weight is 428 g/mol. The van der Waals surface area contributed by atoms with Crippen LogP contribution in [0.1, 0.15) is 107 Å². The fourth-order valence-corrected chi connectivity index (χ4v) is 4.25. The summed E-state index contributed by atoms with van der Waals surface area (Å²) in [6.45, 7) is 22.2. The molecule has 0 aromatic heterocycles. The number of nitrogens with one attached hydrogen (secondary N) is 2. The Hall–Kier alpha value is -0.200. The van der Waals surface area contributed by atoms with Crippen LogP contribution < -0.4 is 22.1 Å². The van der Waals surface area contributed by atoms with Crippen molar-refractivity contribution in [2.75, 3.05) is 33.2 Å². The molecule has 0 amide bonds. The lowest BCUT2D eigenvalue weighted by atomic mass is 9.81. The zero-order valence-corrected chi connectivity index (χ0v) is 22.1. The molecule has 5 nitrogen and oxygen atoms in total. The maximum absolute atomic E-state index is 6.42. The lowest BCUT2D eigenvalue weighted by Crippen LogP contribution is -2.51. The molecule has 4 unspecified atom stereocenters. The number of nitrogens with two attached hydrogens (primary N) is 2. The van der Waals surface area contributed by atoms with Gasteiger partial charge >= 0.3 is 0 Å². The predicted octanol–water partition coefficient (Wildman–Crippen LogP) is 4.25. The number of hydrogen-bond donors (Lipinski definition) is 4. The number of nitrogens with zero attached hydrogens (tertiary/aromatic N) is 1. The monoisotopic (exact) mass is 427 g/mol. The second-order valence-corrected chi connectivity index (χ2v) is 11.1. The van der Waals surface area contributed by atoms with E-state index in [9.17, 15) is 0 Å². The van der Waals surface area contributed by atoms with Gasteiger partial charge in [-0.05, 0) is 112 Å². The van der Waals surface area contributed by atoms with Crippen LogP contribution in [0.5, 0.6) is 0 Å². The highest BCUT2D eigenvalue weighted by Gasteiger charge is 2.30. The van der Waals surface area contributed by atoms with Gasteiger partial charge in [-0.15, -0.1) is 0 Å². The molecule has 0 aliphatic carbocycles. The van der Waals surface area contributed by atoms with Gasteiger partial charge in [-0.3, -0.25) is 0 Å². The zero-order valence-electron chi connectivity index (χ0n) is 22.1. The smallest absolute Gasteiger partial charge is 0.0168 e. The molecule has 0 spiro atoms. The summed E-state index contributed by atoms with van der Waals surface area (Å²) in [4.78, 5) is 2.45. The normalized spacial score (nSPS) is 20.4. The third kappa shape index (κ3) is 12.6. The maximum atomic E-state index is 6.42. The molecule has 0 saturated heterocycles. The van der Waals surface area contributed by atoms with Crippen LogP contribution in [0.2, 0.25) is 0 Å². The van der Waals surface area contributed by atoms with Crippen LogP contribution in [0.25, 0.3) is 0 Å². The van der Waals surface area contributed by atoms with E-state index in [1.54, 1.807) is 0 Å². The molecule has 6 N–H and O–H groups in total. The minimum absolute atomic E-state index is 0.0903. The van der Waals surface area contributed by atoms with Gasteiger partial charge in [0, 0.05) is 22.2 Å². The fourth-order valence-electron chi connectivity index (χ4n) is 4.25. The SMILES string of the molecule is CCC(C)(N)CC(C)(CC)NCCCN(C)CCCNC(C)(CC)CC(C)(N)CC. The van der Waals surface area contributed by atoms with Crippen molar-refractivity contribution in [3.05, 3.63) is 0 Å². The van der Waals surface area contributed by atoms with Gasteiger partial charge in [0.2, 0.25) is 0 Å². The van der Waals surface area contributed by atoms with Crippen molar-refractivity contribution in [1.82, 2.24) is 15.5 Å². The first-order chi connectivity index (χ1) is 13.8. The van der Waals surface area contributed by atoms with Crippen molar-refractivity contribution in [3.8, 4) is 0 Å². The van der Waals surface area contributed by atoms with Gasteiger partial charge in [0.15, 0.2) is 0 Å². The van der Waals surface area contributed by atoms with Crippen LogP contribution in [0.4, 0.5) is 0 Å². The van der Waals surface area contributed by atoms with Crippen molar-refractivity contribution in [2.24, 2.45) is 11.5 Å². The Labute approximate surface area is 189 Å². The van der Waals surface area contributed by atoms with E-state index in [2.05, 4.69) is 78.0 Å². The van der Waals surface area contributed by atoms with E-state index in [-0.39, 0.29) is 22.2 Å². The van der Waals surface area contributed by atoms with Crippen LogP contribution >= 0.6 is 0 Å². The molecule has 0 saturated carbocycles. The van der Waals surface area contributed by atoms with E-state index in [0.717, 1.165) is 64.7 Å². The lowest BCUT2D eigenvalue weighted by molar-refractivity contribution is 0.230. The number of hydrogen-bond acceptors (Lipinski definition) is 5. The zero-order chi connectivity index (χ0) is 23.5. The third-order valence-electron chi connectivity index (χ3n) is 7.30. The molecular formula is C25H57N5. The topological polar surface area (TPSA) is 79.3 Å². The van der Waals surface area contributed by atoms with E-state index in [0.29, 0.717) is 0 Å². The summed E-state index contributed by atoms with van der Waals surface area (Å²) in [6.07, 6.45) is 8.62. The first kappa shape index (κ1) is 29.8. The Bertz CT molecular complexity index is 411. The largest absolute Gasteiger partial charge is 0.325 e. The molecule has 0 aliphatic heterocycles. The maximum Gasteiger partial charge on any atom is 0.0168 e. The third-order valence-corrected chi connectivity index (χ3v) is 7.30. The predicted molar refractivity (Wildman–Crippen MR) is 135 cm³/mol. The molecule has 182 valence electrons. The van der Waals surface area contributed by atoms with Gasteiger partial charge in [0.1, 0.15) is 0 Å². The molecular weight excluding hydrogens is 370 g/mol. The van der Waals surface area contributed by atoms with Gasteiger partial charge in [0.05, 0.1) is 0 Å². The van der Waals surface area contributed by atoms with E-state index in [4.69, 9.17) is 11.5 Å². The highest BCUT2D eigenvalue weighted by atomic mass is 15.1. The molecule has 5 heteroatoms. The summed E-state index contributed by atoms with van der Waals surface area (Å²) < 4.78 is 0. The second-order valence-electron chi connectivity index (χ2n) is 11.1. The molecule has 0 fully saturated rings. The average Bonchev–Trinajstić information content (AvgIpc) is 2.68. The first-order valence-electron chi connectivity index (χ1n) is 12.5. The van der Waals surface area contributed by atoms with Gasteiger partial charge in [-0.2, -0.15) is 0 Å². The summed E-state index contributed by atoms with van der Waals surface area (Å²) in [5, 5.41) is 7.57. The Morgan fingerprint density at radius 3 is 1.23 bits per heavy atom. The van der Waals surface area contributed by atoms with E-state index in [1.165, 1.54) is 12.8 Å². The highest BCUT2D eigenvalue weighted by molar-refractivity contribution is 4.93. The quantitative estimate of drug-likeness (QED) is 0.246. The molecule has 0 bridgehead atoms. The van der Waals surface area contributed by atoms with Crippen molar-refractivity contribution in [2.45, 2.75) is 129 Å². The van der Waals surface area contributed by atoms with Crippen molar-refractivity contribution < 1.29 is 0 Å². The van der Waals surface area contributed by atoms with Gasteiger partial charge in [-0.25, -0.2) is 0 Å². The summed E-state index contributed by atoms with van der Waals surface area (Å²) >= 11 is 0. The van der Waals surface area contributed by atoms with Crippen LogP contribution in [0, 0.1) is 0 Å². The van der Waals surface area contributed by atoms with E-state index in [1.807, 2.05) is 0 Å². The van der Waals surface area contributed by atoms with Crippen LogP contribution in [-0.2, 0) is 0 Å². The molecule has 0 radical (unpaired) electrons. The summed E-state index contributed by atoms with van der Waals surface area (Å²) in [5.74, 6) is 0. The molecule has 0 aromatic rings.